The van der Waals surface area contributed by atoms with Gasteiger partial charge < -0.3 is 5.32 Å². The van der Waals surface area contributed by atoms with E-state index in [9.17, 15) is 10.1 Å². The number of pyridine rings is 1. The van der Waals surface area contributed by atoms with Crippen LogP contribution in [0.1, 0.15) is 38.2 Å². The number of benzene rings is 6. The zero-order chi connectivity index (χ0) is 32.6. The molecule has 0 aliphatic rings. The molecule has 0 saturated heterocycles. The Morgan fingerprint density at radius 3 is 2.12 bits per heavy atom. The van der Waals surface area contributed by atoms with Crippen molar-refractivity contribution in [2.24, 2.45) is 0 Å². The van der Waals surface area contributed by atoms with Crippen molar-refractivity contribution in [3.8, 4) is 39.4 Å². The molecular formula is C43H34N4O. The molecule has 0 unspecified atom stereocenters. The van der Waals surface area contributed by atoms with Crippen molar-refractivity contribution in [2.75, 3.05) is 11.9 Å². The molecule has 2 aromatic heterocycles. The first-order valence-electron chi connectivity index (χ1n) is 16.7. The maximum absolute atomic E-state index is 14.6. The first-order valence-corrected chi connectivity index (χ1v) is 16.7. The molecule has 0 aliphatic heterocycles. The number of fused-ring (bicyclic) bond motifs is 4. The predicted octanol–water partition coefficient (Wildman–Crippen LogP) is 10.5. The fourth-order valence-corrected chi connectivity index (χ4v) is 7.06. The fourth-order valence-electron chi connectivity index (χ4n) is 7.06. The molecule has 0 spiro atoms. The Bertz CT molecular complexity index is 2530. The maximum atomic E-state index is 14.6. The third kappa shape index (κ3) is 4.94. The van der Waals surface area contributed by atoms with Crippen LogP contribution in [0.2, 0.25) is 0 Å². The second kappa shape index (κ2) is 12.3. The van der Waals surface area contributed by atoms with Crippen LogP contribution in [0.25, 0.3) is 71.6 Å². The smallest absolute Gasteiger partial charge is 0.264 e. The topological polar surface area (TPSA) is 70.2 Å². The highest BCUT2D eigenvalue weighted by atomic mass is 16.1. The molecule has 232 valence electrons. The molecule has 48 heavy (non-hydrogen) atoms. The average Bonchev–Trinajstić information content (AvgIpc) is 3.54. The number of nitriles is 1. The van der Waals surface area contributed by atoms with Crippen molar-refractivity contribution < 1.29 is 0 Å². The van der Waals surface area contributed by atoms with Crippen LogP contribution < -0.4 is 10.9 Å². The van der Waals surface area contributed by atoms with Gasteiger partial charge in [-0.1, -0.05) is 105 Å². The summed E-state index contributed by atoms with van der Waals surface area (Å²) in [6.45, 7) is 3.17. The molecule has 0 fully saturated rings. The fraction of sp³-hybridized carbons (Fsp3) is 0.140. The largest absolute Gasteiger partial charge is 0.385 e. The number of nitrogens with zero attached hydrogens (tertiary/aromatic N) is 3. The zero-order valence-electron chi connectivity index (χ0n) is 26.8. The van der Waals surface area contributed by atoms with Crippen molar-refractivity contribution in [1.29, 1.82) is 5.26 Å². The Kier molecular flexibility index (Phi) is 7.55. The Hall–Kier alpha value is -5.99. The number of rotatable bonds is 9. The highest BCUT2D eigenvalue weighted by molar-refractivity contribution is 6.21. The van der Waals surface area contributed by atoms with Crippen LogP contribution in [0.4, 0.5) is 5.69 Å². The van der Waals surface area contributed by atoms with E-state index in [1.165, 1.54) is 19.3 Å². The maximum Gasteiger partial charge on any atom is 0.264 e. The van der Waals surface area contributed by atoms with E-state index < -0.39 is 0 Å². The van der Waals surface area contributed by atoms with Gasteiger partial charge in [0.15, 0.2) is 0 Å². The van der Waals surface area contributed by atoms with Crippen molar-refractivity contribution in [1.82, 2.24) is 9.38 Å². The molecule has 2 heterocycles. The van der Waals surface area contributed by atoms with Crippen molar-refractivity contribution in [3.63, 3.8) is 0 Å². The van der Waals surface area contributed by atoms with E-state index in [1.807, 2.05) is 60.7 Å². The number of nitrogens with one attached hydrogen (secondary N) is 1. The molecule has 5 heteroatoms. The van der Waals surface area contributed by atoms with Gasteiger partial charge in [0.05, 0.1) is 22.7 Å². The van der Waals surface area contributed by atoms with Gasteiger partial charge in [0.25, 0.3) is 5.56 Å². The molecule has 0 radical (unpaired) electrons. The summed E-state index contributed by atoms with van der Waals surface area (Å²) >= 11 is 0. The van der Waals surface area contributed by atoms with Crippen LogP contribution in [0.3, 0.4) is 0 Å². The molecule has 8 rings (SSSR count). The van der Waals surface area contributed by atoms with E-state index >= 15 is 0 Å². The molecule has 8 aromatic rings. The number of hydrogen-bond acceptors (Lipinski definition) is 4. The summed E-state index contributed by atoms with van der Waals surface area (Å²) in [5.41, 5.74) is 9.62. The van der Waals surface area contributed by atoms with E-state index in [2.05, 4.69) is 79.0 Å². The number of anilines is 1. The Morgan fingerprint density at radius 1 is 0.688 bits per heavy atom. The third-order valence-corrected chi connectivity index (χ3v) is 9.46. The van der Waals surface area contributed by atoms with Gasteiger partial charge in [0.2, 0.25) is 0 Å². The summed E-state index contributed by atoms with van der Waals surface area (Å²) in [6.07, 6.45) is 4.86. The van der Waals surface area contributed by atoms with Gasteiger partial charge in [0.1, 0.15) is 5.65 Å². The zero-order valence-corrected chi connectivity index (χ0v) is 26.8. The highest BCUT2D eigenvalue weighted by Crippen LogP contribution is 2.40. The Morgan fingerprint density at radius 2 is 1.40 bits per heavy atom. The van der Waals surface area contributed by atoms with E-state index in [4.69, 9.17) is 4.98 Å². The SMILES string of the molecule is CCCCCCNc1ccc(-c2ccc3c(=O)n4c5cc(-c6ccccc6)cc(-c6ccccc6)c5nc4c4ccc(C#N)c2c34)cc1. The highest BCUT2D eigenvalue weighted by Gasteiger charge is 2.22. The molecule has 5 nitrogen and oxygen atoms in total. The standard InChI is InChI=1S/C43H34N4O/c1-2-3-4-11-24-45-33-19-16-30(17-20-33)34-22-23-36-40-35(21-18-31(27-44)39(34)40)42-46-41-37(29-14-9-6-10-15-29)25-32(28-12-7-5-8-13-28)26-38(41)47(42)43(36)48/h5-10,12-23,25-26,45H,2-4,11,24H2,1H3. The molecule has 0 atom stereocenters. The molecule has 0 amide bonds. The lowest BCUT2D eigenvalue weighted by Gasteiger charge is -2.14. The van der Waals surface area contributed by atoms with Gasteiger partial charge in [-0.15, -0.1) is 0 Å². The summed E-state index contributed by atoms with van der Waals surface area (Å²) in [7, 11) is 0. The summed E-state index contributed by atoms with van der Waals surface area (Å²) in [5.74, 6) is 0. The number of hydrogen-bond donors (Lipinski definition) is 1. The second-order valence-corrected chi connectivity index (χ2v) is 12.4. The summed E-state index contributed by atoms with van der Waals surface area (Å²) in [6, 6.07) is 43.2. The van der Waals surface area contributed by atoms with Gasteiger partial charge in [-0.2, -0.15) is 5.26 Å². The lowest BCUT2D eigenvalue weighted by Crippen LogP contribution is -2.13. The average molecular weight is 623 g/mol. The van der Waals surface area contributed by atoms with Crippen molar-refractivity contribution >= 4 is 43.9 Å². The lowest BCUT2D eigenvalue weighted by molar-refractivity contribution is 0.685. The Labute approximate surface area is 279 Å². The summed E-state index contributed by atoms with van der Waals surface area (Å²) in [4.78, 5) is 19.8. The van der Waals surface area contributed by atoms with Gasteiger partial charge in [-0.3, -0.25) is 9.20 Å². The lowest BCUT2D eigenvalue weighted by atomic mass is 9.91. The molecular weight excluding hydrogens is 589 g/mol. The normalized spacial score (nSPS) is 11.5. The molecule has 1 N–H and O–H groups in total. The van der Waals surface area contributed by atoms with Gasteiger partial charge in [-0.05, 0) is 76.7 Å². The van der Waals surface area contributed by atoms with E-state index in [1.54, 1.807) is 4.40 Å². The third-order valence-electron chi connectivity index (χ3n) is 9.46. The molecule has 0 aliphatic carbocycles. The van der Waals surface area contributed by atoms with E-state index in [0.717, 1.165) is 79.2 Å². The first-order chi connectivity index (χ1) is 23.7. The predicted molar refractivity (Wildman–Crippen MR) is 199 cm³/mol. The van der Waals surface area contributed by atoms with Crippen molar-refractivity contribution in [2.45, 2.75) is 32.6 Å². The van der Waals surface area contributed by atoms with Crippen LogP contribution in [-0.4, -0.2) is 15.9 Å². The van der Waals surface area contributed by atoms with E-state index in [-0.39, 0.29) is 5.56 Å². The van der Waals surface area contributed by atoms with Crippen LogP contribution >= 0.6 is 0 Å². The number of imidazole rings is 1. The second-order valence-electron chi connectivity index (χ2n) is 12.4. The molecule has 6 aromatic carbocycles. The van der Waals surface area contributed by atoms with Crippen LogP contribution in [0.5, 0.6) is 0 Å². The minimum atomic E-state index is -0.140. The van der Waals surface area contributed by atoms with Crippen molar-refractivity contribution in [3.05, 3.63) is 137 Å². The minimum Gasteiger partial charge on any atom is -0.385 e. The number of aromatic nitrogens is 2. The van der Waals surface area contributed by atoms with Crippen LogP contribution in [0, 0.1) is 11.3 Å². The first kappa shape index (κ1) is 29.4. The van der Waals surface area contributed by atoms with Crippen LogP contribution in [0.15, 0.2) is 126 Å². The summed E-state index contributed by atoms with van der Waals surface area (Å²) < 4.78 is 1.76. The minimum absolute atomic E-state index is 0.140. The quantitative estimate of drug-likeness (QED) is 0.163. The molecule has 0 bridgehead atoms. The Balaban J connectivity index is 1.35. The summed E-state index contributed by atoms with van der Waals surface area (Å²) in [5, 5.41) is 16.8. The van der Waals surface area contributed by atoms with Gasteiger partial charge >= 0.3 is 0 Å². The van der Waals surface area contributed by atoms with Crippen LogP contribution in [-0.2, 0) is 0 Å². The van der Waals surface area contributed by atoms with Gasteiger partial charge in [0, 0.05) is 39.3 Å². The van der Waals surface area contributed by atoms with Gasteiger partial charge in [-0.25, -0.2) is 4.98 Å². The molecule has 0 saturated carbocycles. The number of unbranched alkanes of at least 4 members (excludes halogenated alkanes) is 3. The van der Waals surface area contributed by atoms with E-state index in [0.29, 0.717) is 16.6 Å². The monoisotopic (exact) mass is 622 g/mol.